The molecule has 0 amide bonds. The number of hydrogen-bond donors (Lipinski definition) is 1. The zero-order chi connectivity index (χ0) is 13.5. The number of nitrogens with two attached hydrogens (primary N) is 1. The lowest BCUT2D eigenvalue weighted by Crippen LogP contribution is -2.01. The maximum absolute atomic E-state index is 12.7. The Morgan fingerprint density at radius 3 is 2.33 bits per heavy atom. The minimum absolute atomic E-state index is 0.228. The van der Waals surface area contributed by atoms with Gasteiger partial charge >= 0.3 is 0 Å². The van der Waals surface area contributed by atoms with E-state index >= 15 is 0 Å². The van der Waals surface area contributed by atoms with Crippen LogP contribution in [-0.2, 0) is 6.42 Å². The molecule has 18 heavy (non-hydrogen) atoms. The van der Waals surface area contributed by atoms with Gasteiger partial charge < -0.3 is 5.73 Å². The van der Waals surface area contributed by atoms with Gasteiger partial charge in [-0.2, -0.15) is 0 Å². The van der Waals surface area contributed by atoms with Gasteiger partial charge in [-0.05, 0) is 30.2 Å². The minimum Gasteiger partial charge on any atom is -0.368 e. The molecular formula is C14H18FN3. The maximum atomic E-state index is 12.7. The average Bonchev–Trinajstić information content (AvgIpc) is 2.38. The lowest BCUT2D eigenvalue weighted by atomic mass is 10.1. The maximum Gasteiger partial charge on any atom is 0.220 e. The molecule has 0 radical (unpaired) electrons. The smallest absolute Gasteiger partial charge is 0.220 e. The average molecular weight is 247 g/mol. The number of benzene rings is 1. The number of nitrogen functional groups attached to an aromatic ring is 1. The third-order valence-corrected chi connectivity index (χ3v) is 2.41. The van der Waals surface area contributed by atoms with Crippen LogP contribution in [0.4, 0.5) is 10.3 Å². The first-order chi connectivity index (χ1) is 8.65. The normalized spacial score (nSPS) is 9.56. The number of halogens is 1. The molecule has 3 nitrogen and oxygen atoms in total. The van der Waals surface area contributed by atoms with E-state index in [1.807, 2.05) is 20.8 Å². The molecule has 4 heteroatoms. The highest BCUT2D eigenvalue weighted by atomic mass is 19.1. The van der Waals surface area contributed by atoms with E-state index in [-0.39, 0.29) is 11.8 Å². The molecule has 0 spiro atoms. The van der Waals surface area contributed by atoms with E-state index in [1.54, 1.807) is 18.3 Å². The Morgan fingerprint density at radius 2 is 1.78 bits per heavy atom. The number of anilines is 1. The second-order valence-electron chi connectivity index (χ2n) is 3.64. The van der Waals surface area contributed by atoms with Crippen molar-refractivity contribution in [2.45, 2.75) is 27.2 Å². The third kappa shape index (κ3) is 3.80. The summed E-state index contributed by atoms with van der Waals surface area (Å²) >= 11 is 0. The van der Waals surface area contributed by atoms with Crippen LogP contribution in [-0.4, -0.2) is 9.97 Å². The van der Waals surface area contributed by atoms with E-state index in [0.29, 0.717) is 6.42 Å². The molecule has 0 aliphatic rings. The summed E-state index contributed by atoms with van der Waals surface area (Å²) in [6.45, 7) is 5.89. The number of aromatic nitrogens is 2. The van der Waals surface area contributed by atoms with Crippen molar-refractivity contribution < 1.29 is 4.39 Å². The van der Waals surface area contributed by atoms with Crippen LogP contribution in [0.2, 0.25) is 0 Å². The van der Waals surface area contributed by atoms with Gasteiger partial charge in [0.2, 0.25) is 5.95 Å². The predicted molar refractivity (Wildman–Crippen MR) is 71.7 cm³/mol. The summed E-state index contributed by atoms with van der Waals surface area (Å²) in [6, 6.07) is 6.40. The summed E-state index contributed by atoms with van der Waals surface area (Å²) in [5, 5.41) is 0. The third-order valence-electron chi connectivity index (χ3n) is 2.41. The standard InChI is InChI=1S/C12H12FN3.C2H6/c1-8-10(7-15-12(14)16-8)6-9-2-4-11(13)5-3-9;1-2/h2-5,7H,6H2,1H3,(H2,14,15,16);1-2H3. The van der Waals surface area contributed by atoms with E-state index in [0.717, 1.165) is 16.8 Å². The SMILES string of the molecule is CC.Cc1nc(N)ncc1Cc1ccc(F)cc1. The fourth-order valence-corrected chi connectivity index (χ4v) is 1.51. The highest BCUT2D eigenvalue weighted by Crippen LogP contribution is 2.12. The molecule has 0 atom stereocenters. The molecule has 0 bridgehead atoms. The topological polar surface area (TPSA) is 51.8 Å². The van der Waals surface area contributed by atoms with Gasteiger partial charge in [-0.15, -0.1) is 0 Å². The monoisotopic (exact) mass is 247 g/mol. The van der Waals surface area contributed by atoms with Gasteiger partial charge in [0, 0.05) is 18.3 Å². The molecule has 0 unspecified atom stereocenters. The van der Waals surface area contributed by atoms with Gasteiger partial charge in [0.05, 0.1) is 0 Å². The predicted octanol–water partition coefficient (Wildman–Crippen LogP) is 3.12. The number of rotatable bonds is 2. The van der Waals surface area contributed by atoms with Crippen LogP contribution in [0.15, 0.2) is 30.5 Å². The Labute approximate surface area is 107 Å². The minimum atomic E-state index is -0.228. The van der Waals surface area contributed by atoms with Gasteiger partial charge in [-0.1, -0.05) is 26.0 Å². The Kier molecular flexibility index (Phi) is 5.24. The quantitative estimate of drug-likeness (QED) is 0.887. The van der Waals surface area contributed by atoms with E-state index < -0.39 is 0 Å². The Morgan fingerprint density at radius 1 is 1.17 bits per heavy atom. The molecule has 2 rings (SSSR count). The van der Waals surface area contributed by atoms with E-state index in [9.17, 15) is 4.39 Å². The van der Waals surface area contributed by atoms with Gasteiger partial charge in [0.25, 0.3) is 0 Å². The Bertz CT molecular complexity index is 495. The second kappa shape index (κ2) is 6.69. The lowest BCUT2D eigenvalue weighted by Gasteiger charge is -2.05. The summed E-state index contributed by atoms with van der Waals surface area (Å²) in [6.07, 6.45) is 2.40. The molecule has 0 fully saturated rings. The van der Waals surface area contributed by atoms with Crippen molar-refractivity contribution in [3.05, 3.63) is 53.1 Å². The summed E-state index contributed by atoms with van der Waals surface area (Å²) in [7, 11) is 0. The zero-order valence-corrected chi connectivity index (χ0v) is 10.9. The van der Waals surface area contributed by atoms with Crippen LogP contribution >= 0.6 is 0 Å². The number of aryl methyl sites for hydroxylation is 1. The van der Waals surface area contributed by atoms with Crippen molar-refractivity contribution in [1.29, 1.82) is 0 Å². The first-order valence-electron chi connectivity index (χ1n) is 5.97. The summed E-state index contributed by atoms with van der Waals surface area (Å²) in [5.74, 6) is 0.0504. The van der Waals surface area contributed by atoms with Crippen molar-refractivity contribution in [2.24, 2.45) is 0 Å². The van der Waals surface area contributed by atoms with Gasteiger partial charge in [-0.25, -0.2) is 14.4 Å². The summed E-state index contributed by atoms with van der Waals surface area (Å²) in [4.78, 5) is 8.03. The Balaban J connectivity index is 0.000000771. The van der Waals surface area contributed by atoms with Crippen molar-refractivity contribution in [3.8, 4) is 0 Å². The second-order valence-corrected chi connectivity index (χ2v) is 3.64. The number of nitrogens with zero attached hydrogens (tertiary/aromatic N) is 2. The highest BCUT2D eigenvalue weighted by Gasteiger charge is 2.03. The van der Waals surface area contributed by atoms with E-state index in [4.69, 9.17) is 5.73 Å². The van der Waals surface area contributed by atoms with Crippen LogP contribution in [0.5, 0.6) is 0 Å². The van der Waals surface area contributed by atoms with E-state index in [1.165, 1.54) is 12.1 Å². The van der Waals surface area contributed by atoms with Crippen molar-refractivity contribution in [1.82, 2.24) is 9.97 Å². The summed E-state index contributed by atoms with van der Waals surface area (Å²) in [5.41, 5.74) is 8.35. The molecular weight excluding hydrogens is 229 g/mol. The van der Waals surface area contributed by atoms with Crippen molar-refractivity contribution >= 4 is 5.95 Å². The van der Waals surface area contributed by atoms with Crippen LogP contribution < -0.4 is 5.73 Å². The van der Waals surface area contributed by atoms with Gasteiger partial charge in [-0.3, -0.25) is 0 Å². The van der Waals surface area contributed by atoms with Crippen LogP contribution in [0, 0.1) is 12.7 Å². The molecule has 1 aromatic heterocycles. The van der Waals surface area contributed by atoms with Crippen LogP contribution in [0.3, 0.4) is 0 Å². The highest BCUT2D eigenvalue weighted by molar-refractivity contribution is 5.30. The van der Waals surface area contributed by atoms with Crippen LogP contribution in [0.25, 0.3) is 0 Å². The first-order valence-corrected chi connectivity index (χ1v) is 5.97. The van der Waals surface area contributed by atoms with Crippen molar-refractivity contribution in [2.75, 3.05) is 5.73 Å². The van der Waals surface area contributed by atoms with Crippen molar-refractivity contribution in [3.63, 3.8) is 0 Å². The zero-order valence-electron chi connectivity index (χ0n) is 10.9. The lowest BCUT2D eigenvalue weighted by molar-refractivity contribution is 0.627. The fourth-order valence-electron chi connectivity index (χ4n) is 1.51. The number of hydrogen-bond acceptors (Lipinski definition) is 3. The van der Waals surface area contributed by atoms with Crippen LogP contribution in [0.1, 0.15) is 30.7 Å². The molecule has 1 aromatic carbocycles. The largest absolute Gasteiger partial charge is 0.368 e. The summed E-state index contributed by atoms with van der Waals surface area (Å²) < 4.78 is 12.7. The van der Waals surface area contributed by atoms with Gasteiger partial charge in [0.1, 0.15) is 5.82 Å². The molecule has 0 aliphatic heterocycles. The first kappa shape index (κ1) is 14.1. The molecule has 0 saturated heterocycles. The molecule has 2 aromatic rings. The molecule has 2 N–H and O–H groups in total. The Hall–Kier alpha value is -1.97. The molecule has 96 valence electrons. The van der Waals surface area contributed by atoms with Gasteiger partial charge in [0.15, 0.2) is 0 Å². The molecule has 0 aliphatic carbocycles. The van der Waals surface area contributed by atoms with E-state index in [2.05, 4.69) is 9.97 Å². The molecule has 0 saturated carbocycles. The molecule has 1 heterocycles. The fraction of sp³-hybridized carbons (Fsp3) is 0.286.